The summed E-state index contributed by atoms with van der Waals surface area (Å²) in [5, 5.41) is 8.51. The Balaban J connectivity index is 1.22. The number of fused-ring (bicyclic) bond motifs is 2. The number of ether oxygens (including phenoxy) is 1. The maximum absolute atomic E-state index is 11.5. The molecular formula is C23H26N8O2. The van der Waals surface area contributed by atoms with Crippen LogP contribution in [0.15, 0.2) is 30.9 Å². The summed E-state index contributed by atoms with van der Waals surface area (Å²) in [4.78, 5) is 30.4. The molecule has 4 aromatic rings. The van der Waals surface area contributed by atoms with Gasteiger partial charge in [0.25, 0.3) is 0 Å². The zero-order valence-electron chi connectivity index (χ0n) is 18.7. The molecule has 1 aliphatic carbocycles. The first-order valence-corrected chi connectivity index (χ1v) is 11.3. The van der Waals surface area contributed by atoms with Crippen LogP contribution in [0.2, 0.25) is 0 Å². The van der Waals surface area contributed by atoms with Crippen LogP contribution in [0, 0.1) is 5.41 Å². The van der Waals surface area contributed by atoms with Crippen molar-refractivity contribution in [2.75, 3.05) is 25.5 Å². The molecule has 1 aliphatic heterocycles. The summed E-state index contributed by atoms with van der Waals surface area (Å²) in [5.74, 6) is 1.28. The van der Waals surface area contributed by atoms with Gasteiger partial charge in [-0.3, -0.25) is 4.79 Å². The normalized spacial score (nSPS) is 18.1. The summed E-state index contributed by atoms with van der Waals surface area (Å²) >= 11 is 0. The average Bonchev–Trinajstić information content (AvgIpc) is 3.44. The number of carbonyl (C=O) groups excluding carboxylic acids is 1. The number of amides is 1. The second kappa shape index (κ2) is 7.43. The maximum Gasteiger partial charge on any atom is 0.228 e. The van der Waals surface area contributed by atoms with Crippen LogP contribution in [0.1, 0.15) is 32.6 Å². The summed E-state index contributed by atoms with van der Waals surface area (Å²) in [6.45, 7) is 3.45. The number of aromatic nitrogens is 6. The maximum atomic E-state index is 11.5. The highest BCUT2D eigenvalue weighted by atomic mass is 16.5. The van der Waals surface area contributed by atoms with E-state index in [1.54, 1.807) is 18.5 Å². The van der Waals surface area contributed by atoms with Crippen molar-refractivity contribution in [3.8, 4) is 17.0 Å². The van der Waals surface area contributed by atoms with Gasteiger partial charge < -0.3 is 19.9 Å². The molecule has 6 rings (SSSR count). The van der Waals surface area contributed by atoms with Crippen LogP contribution < -0.4 is 10.1 Å². The quantitative estimate of drug-likeness (QED) is 0.495. The Hall–Kier alpha value is -3.69. The first-order chi connectivity index (χ1) is 16.0. The van der Waals surface area contributed by atoms with E-state index in [-0.39, 0.29) is 5.91 Å². The summed E-state index contributed by atoms with van der Waals surface area (Å²) in [5.41, 5.74) is 3.75. The molecule has 4 aromatic heterocycles. The molecule has 2 fully saturated rings. The van der Waals surface area contributed by atoms with Crippen molar-refractivity contribution in [2.45, 2.75) is 38.6 Å². The molecule has 0 bridgehead atoms. The molecule has 0 atom stereocenters. The summed E-state index contributed by atoms with van der Waals surface area (Å²) < 4.78 is 7.39. The second-order valence-corrected chi connectivity index (χ2v) is 9.25. The molecular weight excluding hydrogens is 420 g/mol. The Kier molecular flexibility index (Phi) is 4.49. The third-order valence-corrected chi connectivity index (χ3v) is 7.16. The smallest absolute Gasteiger partial charge is 0.228 e. The lowest BCUT2D eigenvalue weighted by Crippen LogP contribution is -2.59. The number of likely N-dealkylation sites (tertiary alicyclic amines) is 1. The molecule has 10 heteroatoms. The lowest BCUT2D eigenvalue weighted by atomic mass is 9.67. The van der Waals surface area contributed by atoms with Gasteiger partial charge in [0.2, 0.25) is 17.7 Å². The zero-order chi connectivity index (χ0) is 22.6. The number of anilines is 1. The van der Waals surface area contributed by atoms with Crippen molar-refractivity contribution in [1.29, 1.82) is 0 Å². The van der Waals surface area contributed by atoms with Gasteiger partial charge in [0, 0.05) is 49.4 Å². The van der Waals surface area contributed by atoms with E-state index in [2.05, 4.69) is 25.4 Å². The number of rotatable bonds is 4. The average molecular weight is 447 g/mol. The van der Waals surface area contributed by atoms with Gasteiger partial charge in [-0.15, -0.1) is 0 Å². The SMILES string of the molecule is COc1nc(NC2CCC3(CC2)CN(C(C)=O)C3)nc2[nH]cc(-c3ccn4ncnc4c3)c12. The number of H-pyrrole nitrogens is 1. The molecule has 5 heterocycles. The molecule has 1 spiro atoms. The summed E-state index contributed by atoms with van der Waals surface area (Å²) in [6.07, 6.45) is 9.67. The predicted molar refractivity (Wildman–Crippen MR) is 123 cm³/mol. The number of methoxy groups -OCH3 is 1. The van der Waals surface area contributed by atoms with E-state index in [9.17, 15) is 4.79 Å². The summed E-state index contributed by atoms with van der Waals surface area (Å²) in [6, 6.07) is 4.28. The van der Waals surface area contributed by atoms with Gasteiger partial charge in [-0.1, -0.05) is 0 Å². The highest BCUT2D eigenvalue weighted by Gasteiger charge is 2.46. The highest BCUT2D eigenvalue weighted by Crippen LogP contribution is 2.44. The monoisotopic (exact) mass is 446 g/mol. The van der Waals surface area contributed by atoms with Crippen LogP contribution in [0.4, 0.5) is 5.95 Å². The molecule has 1 amide bonds. The Bertz CT molecular complexity index is 1340. The van der Waals surface area contributed by atoms with Crippen LogP contribution in [0.3, 0.4) is 0 Å². The first kappa shape index (κ1) is 20.0. The minimum absolute atomic E-state index is 0.182. The molecule has 1 saturated carbocycles. The van der Waals surface area contributed by atoms with Crippen molar-refractivity contribution < 1.29 is 9.53 Å². The number of pyridine rings is 1. The number of nitrogens with zero attached hydrogens (tertiary/aromatic N) is 6. The molecule has 33 heavy (non-hydrogen) atoms. The second-order valence-electron chi connectivity index (χ2n) is 9.25. The molecule has 1 saturated heterocycles. The van der Waals surface area contributed by atoms with Crippen LogP contribution in [0.5, 0.6) is 5.88 Å². The number of carbonyl (C=O) groups is 1. The molecule has 0 unspecified atom stereocenters. The fourth-order valence-corrected chi connectivity index (χ4v) is 5.28. The van der Waals surface area contributed by atoms with E-state index in [1.807, 2.05) is 29.4 Å². The van der Waals surface area contributed by atoms with Gasteiger partial charge in [-0.2, -0.15) is 15.1 Å². The van der Waals surface area contributed by atoms with E-state index in [0.29, 0.717) is 23.3 Å². The van der Waals surface area contributed by atoms with Gasteiger partial charge in [0.05, 0.1) is 12.5 Å². The number of hydrogen-bond donors (Lipinski definition) is 2. The Labute approximate surface area is 190 Å². The highest BCUT2D eigenvalue weighted by molar-refractivity contribution is 5.98. The fraction of sp³-hybridized carbons (Fsp3) is 0.435. The molecule has 170 valence electrons. The Morgan fingerprint density at radius 2 is 2.09 bits per heavy atom. The lowest BCUT2D eigenvalue weighted by Gasteiger charge is -2.53. The molecule has 2 aliphatic rings. The van der Waals surface area contributed by atoms with Crippen LogP contribution >= 0.6 is 0 Å². The molecule has 0 aromatic carbocycles. The predicted octanol–water partition coefficient (Wildman–Crippen LogP) is 2.88. The molecule has 2 N–H and O–H groups in total. The molecule has 10 nitrogen and oxygen atoms in total. The Morgan fingerprint density at radius 1 is 1.27 bits per heavy atom. The lowest BCUT2D eigenvalue weighted by molar-refractivity contribution is -0.143. The van der Waals surface area contributed by atoms with E-state index in [4.69, 9.17) is 9.72 Å². The Morgan fingerprint density at radius 3 is 2.85 bits per heavy atom. The largest absolute Gasteiger partial charge is 0.480 e. The fourth-order valence-electron chi connectivity index (χ4n) is 5.28. The van der Waals surface area contributed by atoms with Gasteiger partial charge >= 0.3 is 0 Å². The number of nitrogens with one attached hydrogen (secondary N) is 2. The minimum Gasteiger partial charge on any atom is -0.480 e. The minimum atomic E-state index is 0.182. The number of aromatic amines is 1. The first-order valence-electron chi connectivity index (χ1n) is 11.3. The third kappa shape index (κ3) is 3.37. The van der Waals surface area contributed by atoms with E-state index in [0.717, 1.165) is 66.6 Å². The molecule has 0 radical (unpaired) electrons. The van der Waals surface area contributed by atoms with Crippen LogP contribution in [-0.2, 0) is 4.79 Å². The summed E-state index contributed by atoms with van der Waals surface area (Å²) in [7, 11) is 1.63. The van der Waals surface area contributed by atoms with Gasteiger partial charge in [-0.25, -0.2) is 9.50 Å². The van der Waals surface area contributed by atoms with Crippen molar-refractivity contribution >= 4 is 28.5 Å². The van der Waals surface area contributed by atoms with Crippen molar-refractivity contribution in [3.05, 3.63) is 30.9 Å². The van der Waals surface area contributed by atoms with Gasteiger partial charge in [0.1, 0.15) is 12.0 Å². The third-order valence-electron chi connectivity index (χ3n) is 7.16. The van der Waals surface area contributed by atoms with Gasteiger partial charge in [-0.05, 0) is 43.4 Å². The van der Waals surface area contributed by atoms with Crippen LogP contribution in [0.25, 0.3) is 27.8 Å². The van der Waals surface area contributed by atoms with Crippen LogP contribution in [-0.4, -0.2) is 66.6 Å². The van der Waals surface area contributed by atoms with Crippen molar-refractivity contribution in [3.63, 3.8) is 0 Å². The zero-order valence-corrected chi connectivity index (χ0v) is 18.7. The number of hydrogen-bond acceptors (Lipinski definition) is 7. The van der Waals surface area contributed by atoms with Crippen molar-refractivity contribution in [1.82, 2.24) is 34.4 Å². The van der Waals surface area contributed by atoms with Crippen molar-refractivity contribution in [2.24, 2.45) is 5.41 Å². The van der Waals surface area contributed by atoms with Gasteiger partial charge in [0.15, 0.2) is 5.65 Å². The van der Waals surface area contributed by atoms with E-state index in [1.165, 1.54) is 6.33 Å². The van der Waals surface area contributed by atoms with E-state index >= 15 is 0 Å². The topological polar surface area (TPSA) is 113 Å². The van der Waals surface area contributed by atoms with E-state index < -0.39 is 0 Å². The standard InChI is InChI=1S/C23H26N8O2/c1-14(32)30-11-23(12-30)6-3-16(4-7-23)27-22-28-20-19(21(29-22)33-2)17(10-24-20)15-5-8-31-18(9-15)25-13-26-31/h5,8-10,13,16H,3-4,6-7,11-12H2,1-2H3,(H2,24,27,28,29).